The van der Waals surface area contributed by atoms with Crippen LogP contribution < -0.4 is 0 Å². The van der Waals surface area contributed by atoms with E-state index in [1.54, 1.807) is 10.3 Å². The van der Waals surface area contributed by atoms with Gasteiger partial charge >= 0.3 is 5.97 Å². The number of aromatic nitrogens is 1. The van der Waals surface area contributed by atoms with Gasteiger partial charge in [0.15, 0.2) is 0 Å². The summed E-state index contributed by atoms with van der Waals surface area (Å²) >= 11 is 1.44. The lowest BCUT2D eigenvalue weighted by atomic mass is 9.81. The molecule has 0 bridgehead atoms. The molecule has 2 fully saturated rings. The molecule has 1 aromatic heterocycles. The molecule has 0 aromatic carbocycles. The monoisotopic (exact) mass is 381 g/mol. The number of amides is 2. The van der Waals surface area contributed by atoms with E-state index in [2.05, 4.69) is 4.98 Å². The summed E-state index contributed by atoms with van der Waals surface area (Å²) in [6, 6.07) is 0. The van der Waals surface area contributed by atoms with Gasteiger partial charge in [0, 0.05) is 50.5 Å². The predicted molar refractivity (Wildman–Crippen MR) is 94.1 cm³/mol. The highest BCUT2D eigenvalue weighted by Gasteiger charge is 2.59. The third kappa shape index (κ3) is 3.09. The molecule has 142 valence electrons. The van der Waals surface area contributed by atoms with Gasteiger partial charge in [-0.1, -0.05) is 13.8 Å². The number of thiazole rings is 1. The van der Waals surface area contributed by atoms with Gasteiger partial charge in [-0.2, -0.15) is 0 Å². The average Bonchev–Trinajstić information content (AvgIpc) is 3.26. The minimum atomic E-state index is -1.12. The van der Waals surface area contributed by atoms with Gasteiger partial charge in [0.2, 0.25) is 5.91 Å². The SMILES string of the molecule is COCC(=O)N1C[C@@H]2CN(C(=O)c3csc(C(C)C)n3)C[C@]2(C(=O)O)C1. The highest BCUT2D eigenvalue weighted by atomic mass is 32.1. The maximum atomic E-state index is 12.8. The normalized spacial score (nSPS) is 25.0. The van der Waals surface area contributed by atoms with E-state index in [4.69, 9.17) is 4.74 Å². The van der Waals surface area contributed by atoms with Crippen LogP contribution in [0.25, 0.3) is 0 Å². The fraction of sp³-hybridized carbons (Fsp3) is 0.647. The Bertz CT molecular complexity index is 734. The predicted octanol–water partition coefficient (Wildman–Crippen LogP) is 0.898. The number of hydrogen-bond acceptors (Lipinski definition) is 6. The highest BCUT2D eigenvalue weighted by Crippen LogP contribution is 2.43. The van der Waals surface area contributed by atoms with Crippen LogP contribution in [-0.4, -0.2) is 77.6 Å². The van der Waals surface area contributed by atoms with E-state index < -0.39 is 11.4 Å². The second-order valence-corrected chi connectivity index (χ2v) is 8.17. The summed E-state index contributed by atoms with van der Waals surface area (Å²) in [6.45, 7) is 4.80. The lowest BCUT2D eigenvalue weighted by Crippen LogP contribution is -2.43. The van der Waals surface area contributed by atoms with Crippen LogP contribution in [0.15, 0.2) is 5.38 Å². The number of carbonyl (C=O) groups excluding carboxylic acids is 2. The maximum absolute atomic E-state index is 12.8. The van der Waals surface area contributed by atoms with Crippen molar-refractivity contribution in [2.24, 2.45) is 11.3 Å². The summed E-state index contributed by atoms with van der Waals surface area (Å²) in [7, 11) is 1.43. The Morgan fingerprint density at radius 2 is 2.00 bits per heavy atom. The zero-order chi connectivity index (χ0) is 19.1. The van der Waals surface area contributed by atoms with Crippen molar-refractivity contribution in [2.45, 2.75) is 19.8 Å². The number of ether oxygens (including phenoxy) is 1. The van der Waals surface area contributed by atoms with Crippen LogP contribution in [0.1, 0.15) is 35.3 Å². The molecule has 26 heavy (non-hydrogen) atoms. The molecular formula is C17H23N3O5S. The van der Waals surface area contributed by atoms with Crippen molar-refractivity contribution in [2.75, 3.05) is 39.9 Å². The van der Waals surface area contributed by atoms with Crippen molar-refractivity contribution in [1.82, 2.24) is 14.8 Å². The van der Waals surface area contributed by atoms with Crippen molar-refractivity contribution in [3.63, 3.8) is 0 Å². The van der Waals surface area contributed by atoms with Crippen LogP contribution >= 0.6 is 11.3 Å². The molecule has 0 radical (unpaired) electrons. The number of carbonyl (C=O) groups is 3. The zero-order valence-electron chi connectivity index (χ0n) is 15.1. The number of likely N-dealkylation sites (tertiary alicyclic amines) is 2. The number of nitrogens with zero attached hydrogens (tertiary/aromatic N) is 3. The summed E-state index contributed by atoms with van der Waals surface area (Å²) in [5, 5.41) is 12.4. The van der Waals surface area contributed by atoms with Gasteiger partial charge in [0.05, 0.1) is 5.01 Å². The zero-order valence-corrected chi connectivity index (χ0v) is 15.9. The molecule has 0 saturated carbocycles. The molecule has 0 unspecified atom stereocenters. The van der Waals surface area contributed by atoms with Gasteiger partial charge in [-0.3, -0.25) is 14.4 Å². The number of aliphatic carboxylic acids is 1. The molecule has 8 nitrogen and oxygen atoms in total. The van der Waals surface area contributed by atoms with E-state index >= 15 is 0 Å². The first-order valence-corrected chi connectivity index (χ1v) is 9.41. The van der Waals surface area contributed by atoms with Crippen LogP contribution in [0.2, 0.25) is 0 Å². The van der Waals surface area contributed by atoms with Crippen LogP contribution in [0.4, 0.5) is 0 Å². The smallest absolute Gasteiger partial charge is 0.313 e. The highest BCUT2D eigenvalue weighted by molar-refractivity contribution is 7.09. The third-order valence-corrected chi connectivity index (χ3v) is 6.32. The fourth-order valence-corrected chi connectivity index (χ4v) is 4.55. The van der Waals surface area contributed by atoms with Gasteiger partial charge in [-0.15, -0.1) is 11.3 Å². The molecule has 1 N–H and O–H groups in total. The number of hydrogen-bond donors (Lipinski definition) is 1. The van der Waals surface area contributed by atoms with Gasteiger partial charge in [-0.05, 0) is 0 Å². The molecule has 2 amide bonds. The van der Waals surface area contributed by atoms with Crippen LogP contribution in [-0.2, 0) is 14.3 Å². The molecule has 2 saturated heterocycles. The van der Waals surface area contributed by atoms with Gasteiger partial charge in [-0.25, -0.2) is 4.98 Å². The number of methoxy groups -OCH3 is 1. The molecular weight excluding hydrogens is 358 g/mol. The maximum Gasteiger partial charge on any atom is 0.313 e. The molecule has 0 spiro atoms. The van der Waals surface area contributed by atoms with Crippen LogP contribution in [0.3, 0.4) is 0 Å². The lowest BCUT2D eigenvalue weighted by Gasteiger charge is -2.25. The van der Waals surface area contributed by atoms with Crippen LogP contribution in [0, 0.1) is 11.3 Å². The quantitative estimate of drug-likeness (QED) is 0.813. The Labute approximate surface area is 155 Å². The van der Waals surface area contributed by atoms with E-state index in [1.165, 1.54) is 23.3 Å². The van der Waals surface area contributed by atoms with Crippen molar-refractivity contribution < 1.29 is 24.2 Å². The van der Waals surface area contributed by atoms with Gasteiger partial charge < -0.3 is 19.6 Å². The Balaban J connectivity index is 1.76. The topological polar surface area (TPSA) is 100 Å². The van der Waals surface area contributed by atoms with Crippen molar-refractivity contribution in [3.05, 3.63) is 16.1 Å². The lowest BCUT2D eigenvalue weighted by molar-refractivity contribution is -0.149. The summed E-state index contributed by atoms with van der Waals surface area (Å²) in [5.41, 5.74) is -0.748. The molecule has 2 atom stereocenters. The largest absolute Gasteiger partial charge is 0.481 e. The van der Waals surface area contributed by atoms with E-state index in [-0.39, 0.29) is 43.3 Å². The first-order chi connectivity index (χ1) is 12.3. The molecule has 2 aliphatic rings. The van der Waals surface area contributed by atoms with Crippen molar-refractivity contribution >= 4 is 29.1 Å². The molecule has 9 heteroatoms. The van der Waals surface area contributed by atoms with Gasteiger partial charge in [0.1, 0.15) is 17.7 Å². The summed E-state index contributed by atoms with van der Waals surface area (Å²) in [5.74, 6) is -1.47. The minimum absolute atomic E-state index is 0.0676. The Kier molecular flexibility index (Phi) is 5.03. The number of rotatable bonds is 5. The van der Waals surface area contributed by atoms with Crippen molar-refractivity contribution in [1.29, 1.82) is 0 Å². The van der Waals surface area contributed by atoms with E-state index in [0.717, 1.165) is 5.01 Å². The Morgan fingerprint density at radius 1 is 1.35 bits per heavy atom. The average molecular weight is 381 g/mol. The Morgan fingerprint density at radius 3 is 2.54 bits per heavy atom. The van der Waals surface area contributed by atoms with E-state index in [9.17, 15) is 19.5 Å². The third-order valence-electron chi connectivity index (χ3n) is 5.18. The van der Waals surface area contributed by atoms with E-state index in [0.29, 0.717) is 18.8 Å². The number of carboxylic acids is 1. The second kappa shape index (κ2) is 6.96. The summed E-state index contributed by atoms with van der Waals surface area (Å²) in [4.78, 5) is 44.3. The molecule has 2 aliphatic heterocycles. The van der Waals surface area contributed by atoms with E-state index in [1.807, 2.05) is 13.8 Å². The number of fused-ring (bicyclic) bond motifs is 1. The molecule has 1 aromatic rings. The first-order valence-electron chi connectivity index (χ1n) is 8.53. The van der Waals surface area contributed by atoms with Gasteiger partial charge in [0.25, 0.3) is 5.91 Å². The van der Waals surface area contributed by atoms with Crippen molar-refractivity contribution in [3.8, 4) is 0 Å². The minimum Gasteiger partial charge on any atom is -0.481 e. The second-order valence-electron chi connectivity index (χ2n) is 7.28. The molecule has 0 aliphatic carbocycles. The van der Waals surface area contributed by atoms with Crippen LogP contribution in [0.5, 0.6) is 0 Å². The molecule has 3 heterocycles. The summed E-state index contributed by atoms with van der Waals surface area (Å²) in [6.07, 6.45) is 0. The Hall–Kier alpha value is -2.00. The summed E-state index contributed by atoms with van der Waals surface area (Å²) < 4.78 is 4.86. The number of carboxylic acid groups (broad SMARTS) is 1. The molecule has 3 rings (SSSR count). The first kappa shape index (κ1) is 18.8. The standard InChI is InChI=1S/C17H23N3O5S/c1-10(2)14-18-12(7-26-14)15(22)20-5-11-4-19(13(21)6-25-3)8-17(11,9-20)16(23)24/h7,10-11H,4-6,8-9H2,1-3H3,(H,23,24)/t11-,17-/m1/s1. The fourth-order valence-electron chi connectivity index (χ4n) is 3.74.